The lowest BCUT2D eigenvalue weighted by Gasteiger charge is -2.43. The molecule has 0 aromatic carbocycles. The minimum Gasteiger partial charge on any atom is -0.393 e. The average molecular weight is 299 g/mol. The van der Waals surface area contributed by atoms with Crippen molar-refractivity contribution in [3.05, 3.63) is 0 Å². The number of hydrogen-bond acceptors (Lipinski definition) is 2. The normalized spacial score (nSPS) is 29.7. The molecule has 0 atom stereocenters. The Hall–Kier alpha value is -0.0800. The Kier molecular flexibility index (Phi) is 7.19. The number of aliphatic hydroxyl groups excluding tert-OH is 1. The zero-order valence-electron chi connectivity index (χ0n) is 15.0. The van der Waals surface area contributed by atoms with Gasteiger partial charge in [0.25, 0.3) is 0 Å². The second kappa shape index (κ2) is 7.97. The summed E-state index contributed by atoms with van der Waals surface area (Å²) >= 11 is 0. The molecule has 0 aromatic rings. The minimum atomic E-state index is -0.384. The van der Waals surface area contributed by atoms with Crippen LogP contribution in [0.5, 0.6) is 0 Å². The van der Waals surface area contributed by atoms with Crippen molar-refractivity contribution in [1.29, 1.82) is 0 Å². The van der Waals surface area contributed by atoms with Crippen molar-refractivity contribution >= 4 is 0 Å². The highest BCUT2D eigenvalue weighted by Gasteiger charge is 2.40. The van der Waals surface area contributed by atoms with Crippen LogP contribution in [-0.4, -0.2) is 21.9 Å². The lowest BCUT2D eigenvalue weighted by molar-refractivity contribution is -0.0844. The van der Waals surface area contributed by atoms with Gasteiger partial charge in [-0.1, -0.05) is 53.9 Å². The van der Waals surface area contributed by atoms with E-state index in [2.05, 4.69) is 34.6 Å². The largest absolute Gasteiger partial charge is 0.393 e. The zero-order valence-corrected chi connectivity index (χ0v) is 15.0. The van der Waals surface area contributed by atoms with E-state index < -0.39 is 0 Å². The summed E-state index contributed by atoms with van der Waals surface area (Å²) in [7, 11) is 0. The number of hydrogen-bond donors (Lipinski definition) is 2. The van der Waals surface area contributed by atoms with Crippen molar-refractivity contribution in [3.8, 4) is 0 Å². The van der Waals surface area contributed by atoms with Crippen LogP contribution in [0.15, 0.2) is 0 Å². The average Bonchev–Trinajstić information content (AvgIpc) is 2.39. The van der Waals surface area contributed by atoms with Crippen LogP contribution in [-0.2, 0) is 0 Å². The van der Waals surface area contributed by atoms with E-state index in [9.17, 15) is 10.2 Å². The molecule has 0 radical (unpaired) electrons. The Morgan fingerprint density at radius 3 is 1.71 bits per heavy atom. The van der Waals surface area contributed by atoms with Crippen LogP contribution in [0.3, 0.4) is 0 Å². The Labute approximate surface area is 132 Å². The lowest BCUT2D eigenvalue weighted by atomic mass is 9.68. The molecule has 0 saturated heterocycles. The fourth-order valence-corrected chi connectivity index (χ4v) is 3.65. The highest BCUT2D eigenvalue weighted by atomic mass is 16.3. The third kappa shape index (κ3) is 5.90. The molecule has 2 saturated carbocycles. The third-order valence-corrected chi connectivity index (χ3v) is 5.76. The summed E-state index contributed by atoms with van der Waals surface area (Å²) in [5, 5.41) is 19.4. The highest BCUT2D eigenvalue weighted by Crippen LogP contribution is 2.41. The first-order chi connectivity index (χ1) is 9.66. The number of rotatable bonds is 1. The van der Waals surface area contributed by atoms with Gasteiger partial charge in [-0.3, -0.25) is 0 Å². The summed E-state index contributed by atoms with van der Waals surface area (Å²) in [6.07, 6.45) is 10.2. The molecule has 0 amide bonds. The Bertz CT molecular complexity index is 276. The van der Waals surface area contributed by atoms with Gasteiger partial charge in [-0.15, -0.1) is 0 Å². The van der Waals surface area contributed by atoms with Crippen molar-refractivity contribution in [1.82, 2.24) is 0 Å². The Balaban J connectivity index is 0.000000211. The van der Waals surface area contributed by atoms with Crippen molar-refractivity contribution in [2.75, 3.05) is 0 Å². The van der Waals surface area contributed by atoms with E-state index in [4.69, 9.17) is 0 Å². The van der Waals surface area contributed by atoms with Crippen LogP contribution < -0.4 is 0 Å². The van der Waals surface area contributed by atoms with Crippen LogP contribution in [0.2, 0.25) is 0 Å². The van der Waals surface area contributed by atoms with Gasteiger partial charge >= 0.3 is 0 Å². The molecule has 2 aliphatic carbocycles. The van der Waals surface area contributed by atoms with Gasteiger partial charge in [0.15, 0.2) is 0 Å². The predicted octanol–water partition coefficient (Wildman–Crippen LogP) is 4.92. The lowest BCUT2D eigenvalue weighted by Crippen LogP contribution is -2.44. The van der Waals surface area contributed by atoms with Gasteiger partial charge in [0, 0.05) is 0 Å². The summed E-state index contributed by atoms with van der Waals surface area (Å²) in [6.45, 7) is 11.0. The van der Waals surface area contributed by atoms with E-state index >= 15 is 0 Å². The molecule has 2 N–H and O–H groups in total. The molecule has 0 aliphatic heterocycles. The molecule has 2 fully saturated rings. The summed E-state index contributed by atoms with van der Waals surface area (Å²) in [5.41, 5.74) is -0.321. The van der Waals surface area contributed by atoms with Crippen LogP contribution in [0.1, 0.15) is 92.4 Å². The van der Waals surface area contributed by atoms with Gasteiger partial charge < -0.3 is 10.2 Å². The molecule has 0 spiro atoms. The predicted molar refractivity (Wildman–Crippen MR) is 90.3 cm³/mol. The van der Waals surface area contributed by atoms with Gasteiger partial charge in [-0.25, -0.2) is 0 Å². The van der Waals surface area contributed by atoms with Gasteiger partial charge in [0.2, 0.25) is 0 Å². The van der Waals surface area contributed by atoms with Crippen LogP contribution >= 0.6 is 0 Å². The summed E-state index contributed by atoms with van der Waals surface area (Å²) in [4.78, 5) is 0. The van der Waals surface area contributed by atoms with E-state index in [-0.39, 0.29) is 17.1 Å². The van der Waals surface area contributed by atoms with Gasteiger partial charge in [-0.2, -0.15) is 0 Å². The monoisotopic (exact) mass is 298 g/mol. The maximum atomic E-state index is 10.2. The molecule has 21 heavy (non-hydrogen) atoms. The van der Waals surface area contributed by atoms with E-state index in [1.807, 2.05) is 0 Å². The molecule has 0 aromatic heterocycles. The molecule has 2 rings (SSSR count). The van der Waals surface area contributed by atoms with Crippen molar-refractivity contribution in [2.24, 2.45) is 17.3 Å². The van der Waals surface area contributed by atoms with Crippen LogP contribution in [0, 0.1) is 17.3 Å². The van der Waals surface area contributed by atoms with Crippen LogP contribution in [0.25, 0.3) is 0 Å². The van der Waals surface area contributed by atoms with E-state index in [1.54, 1.807) is 0 Å². The van der Waals surface area contributed by atoms with Crippen LogP contribution in [0.4, 0.5) is 0 Å². The molecule has 0 heterocycles. The van der Waals surface area contributed by atoms with Gasteiger partial charge in [-0.05, 0) is 55.8 Å². The van der Waals surface area contributed by atoms with Crippen molar-refractivity contribution in [3.63, 3.8) is 0 Å². The first-order valence-corrected chi connectivity index (χ1v) is 9.06. The Morgan fingerprint density at radius 2 is 1.38 bits per heavy atom. The molecule has 126 valence electrons. The fourth-order valence-electron chi connectivity index (χ4n) is 3.65. The molecular weight excluding hydrogens is 260 g/mol. The maximum absolute atomic E-state index is 10.2. The van der Waals surface area contributed by atoms with Crippen molar-refractivity contribution in [2.45, 2.75) is 104 Å². The smallest absolute Gasteiger partial charge is 0.0695 e. The first kappa shape index (κ1) is 19.0. The maximum Gasteiger partial charge on any atom is 0.0695 e. The Morgan fingerprint density at radius 1 is 0.905 bits per heavy atom. The van der Waals surface area contributed by atoms with Gasteiger partial charge in [0.05, 0.1) is 11.7 Å². The standard InChI is InChI=1S/C10H20O.C9H18O/c1-9(2,3)10(11)7-5-4-6-8-10;1-7(2)8-3-5-9(10)6-4-8/h11H,4-8H2,1-3H3;7-10H,3-6H2,1-2H3. The topological polar surface area (TPSA) is 40.5 Å². The summed E-state index contributed by atoms with van der Waals surface area (Å²) in [5.74, 6) is 1.69. The minimum absolute atomic E-state index is 0.00926. The molecule has 0 bridgehead atoms. The quantitative estimate of drug-likeness (QED) is 0.721. The molecular formula is C19H38O2. The zero-order chi connectivity index (χ0) is 16.1. The second-order valence-electron chi connectivity index (χ2n) is 8.65. The second-order valence-corrected chi connectivity index (χ2v) is 8.65. The summed E-state index contributed by atoms with van der Waals surface area (Å²) < 4.78 is 0. The summed E-state index contributed by atoms with van der Waals surface area (Å²) in [6, 6.07) is 0. The molecule has 0 unspecified atom stereocenters. The molecule has 2 aliphatic rings. The van der Waals surface area contributed by atoms with Crippen molar-refractivity contribution < 1.29 is 10.2 Å². The molecule has 2 heteroatoms. The number of aliphatic hydroxyl groups is 2. The van der Waals surface area contributed by atoms with E-state index in [1.165, 1.54) is 32.1 Å². The SMILES string of the molecule is CC(C)(C)C1(O)CCCCC1.CC(C)C1CCC(O)CC1. The fraction of sp³-hybridized carbons (Fsp3) is 1.00. The van der Waals surface area contributed by atoms with E-state index in [0.29, 0.717) is 0 Å². The first-order valence-electron chi connectivity index (χ1n) is 9.06. The van der Waals surface area contributed by atoms with Gasteiger partial charge in [0.1, 0.15) is 0 Å². The highest BCUT2D eigenvalue weighted by molar-refractivity contribution is 4.92. The molecule has 2 nitrogen and oxygen atoms in total. The third-order valence-electron chi connectivity index (χ3n) is 5.76. The van der Waals surface area contributed by atoms with E-state index in [0.717, 1.165) is 37.5 Å².